The van der Waals surface area contributed by atoms with Crippen molar-refractivity contribution in [2.45, 2.75) is 26.8 Å². The Kier molecular flexibility index (Phi) is 4.59. The number of rotatable bonds is 2. The molecule has 1 rings (SSSR count). The van der Waals surface area contributed by atoms with E-state index in [9.17, 15) is 9.18 Å². The number of anilines is 1. The Hall–Kier alpha value is -0.840. The topological polar surface area (TPSA) is 55.1 Å². The molecule has 0 fully saturated rings. The van der Waals surface area contributed by atoms with E-state index in [1.54, 1.807) is 0 Å². The molecule has 0 unspecified atom stereocenters. The first-order valence-electron chi connectivity index (χ1n) is 5.34. The molecule has 1 aromatic carbocycles. The van der Waals surface area contributed by atoms with Gasteiger partial charge in [-0.15, -0.1) is 0 Å². The second-order valence-corrected chi connectivity index (χ2v) is 5.90. The maximum absolute atomic E-state index is 13.2. The number of amides is 1. The number of nitrogens with two attached hydrogens (primary N) is 1. The molecule has 0 saturated carbocycles. The van der Waals surface area contributed by atoms with E-state index in [0.717, 1.165) is 0 Å². The summed E-state index contributed by atoms with van der Waals surface area (Å²) in [6, 6.07) is 1.88. The monoisotopic (exact) mass is 292 g/mol. The number of carbonyl (C=O) groups is 1. The summed E-state index contributed by atoms with van der Waals surface area (Å²) < 4.78 is 13.2. The predicted octanol–water partition coefficient (Wildman–Crippen LogP) is 3.44. The molecule has 100 valence electrons. The maximum Gasteiger partial charge on any atom is 0.241 e. The van der Waals surface area contributed by atoms with Crippen LogP contribution in [0.4, 0.5) is 10.1 Å². The lowest BCUT2D eigenvalue weighted by atomic mass is 9.87. The SMILES string of the molecule is CC(C)(C)[C@@H](N)C(=O)Nc1cc(Cl)c(F)c(Cl)c1. The van der Waals surface area contributed by atoms with E-state index in [1.807, 2.05) is 20.8 Å². The van der Waals surface area contributed by atoms with Crippen LogP contribution in [0.1, 0.15) is 20.8 Å². The fourth-order valence-corrected chi connectivity index (χ4v) is 1.73. The van der Waals surface area contributed by atoms with Crippen molar-refractivity contribution in [1.29, 1.82) is 0 Å². The lowest BCUT2D eigenvalue weighted by Crippen LogP contribution is -2.45. The van der Waals surface area contributed by atoms with Gasteiger partial charge >= 0.3 is 0 Å². The van der Waals surface area contributed by atoms with E-state index in [1.165, 1.54) is 12.1 Å². The number of halogens is 3. The number of hydrogen-bond acceptors (Lipinski definition) is 2. The van der Waals surface area contributed by atoms with Crippen LogP contribution in [0.25, 0.3) is 0 Å². The van der Waals surface area contributed by atoms with Crippen LogP contribution in [-0.4, -0.2) is 11.9 Å². The van der Waals surface area contributed by atoms with Gasteiger partial charge in [-0.25, -0.2) is 4.39 Å². The van der Waals surface area contributed by atoms with Gasteiger partial charge in [-0.1, -0.05) is 44.0 Å². The van der Waals surface area contributed by atoms with Gasteiger partial charge in [0, 0.05) is 5.69 Å². The van der Waals surface area contributed by atoms with Gasteiger partial charge in [0.05, 0.1) is 16.1 Å². The number of carbonyl (C=O) groups excluding carboxylic acids is 1. The summed E-state index contributed by atoms with van der Waals surface area (Å²) in [5, 5.41) is 2.26. The van der Waals surface area contributed by atoms with E-state index in [4.69, 9.17) is 28.9 Å². The third-order valence-electron chi connectivity index (χ3n) is 2.47. The van der Waals surface area contributed by atoms with Gasteiger partial charge in [0.25, 0.3) is 0 Å². The molecule has 0 aliphatic rings. The minimum Gasteiger partial charge on any atom is -0.325 e. The van der Waals surface area contributed by atoms with E-state index in [-0.39, 0.29) is 21.4 Å². The van der Waals surface area contributed by atoms with Gasteiger partial charge in [-0.2, -0.15) is 0 Å². The summed E-state index contributed by atoms with van der Waals surface area (Å²) in [5.74, 6) is -1.09. The van der Waals surface area contributed by atoms with Gasteiger partial charge in [-0.05, 0) is 17.5 Å². The molecule has 0 spiro atoms. The Bertz CT molecular complexity index is 449. The third-order valence-corrected chi connectivity index (χ3v) is 3.02. The quantitative estimate of drug-likeness (QED) is 0.821. The summed E-state index contributed by atoms with van der Waals surface area (Å²) in [4.78, 5) is 11.9. The van der Waals surface area contributed by atoms with Crippen molar-refractivity contribution in [3.63, 3.8) is 0 Å². The van der Waals surface area contributed by atoms with Gasteiger partial charge in [-0.3, -0.25) is 4.79 Å². The average Bonchev–Trinajstić information content (AvgIpc) is 2.23. The number of nitrogens with one attached hydrogen (secondary N) is 1. The zero-order chi connectivity index (χ0) is 14.1. The van der Waals surface area contributed by atoms with E-state index in [0.29, 0.717) is 5.69 Å². The van der Waals surface area contributed by atoms with Crippen molar-refractivity contribution in [2.24, 2.45) is 11.1 Å². The largest absolute Gasteiger partial charge is 0.325 e. The standard InChI is InChI=1S/C12H15Cl2FN2O/c1-12(2,3)10(16)11(18)17-6-4-7(13)9(15)8(14)5-6/h4-5,10H,16H2,1-3H3,(H,17,18)/t10-/m0/s1. The van der Waals surface area contributed by atoms with Crippen molar-refractivity contribution in [2.75, 3.05) is 5.32 Å². The van der Waals surface area contributed by atoms with Gasteiger partial charge < -0.3 is 11.1 Å². The molecule has 3 nitrogen and oxygen atoms in total. The van der Waals surface area contributed by atoms with Crippen molar-refractivity contribution >= 4 is 34.8 Å². The summed E-state index contributed by atoms with van der Waals surface area (Å²) >= 11 is 11.3. The van der Waals surface area contributed by atoms with Crippen molar-refractivity contribution in [3.05, 3.63) is 28.0 Å². The first-order valence-corrected chi connectivity index (χ1v) is 6.09. The maximum atomic E-state index is 13.2. The van der Waals surface area contributed by atoms with Gasteiger partial charge in [0.15, 0.2) is 5.82 Å². The van der Waals surface area contributed by atoms with Crippen LogP contribution >= 0.6 is 23.2 Å². The molecule has 0 radical (unpaired) electrons. The molecule has 0 heterocycles. The predicted molar refractivity (Wildman–Crippen MR) is 72.5 cm³/mol. The molecule has 0 aromatic heterocycles. The molecule has 18 heavy (non-hydrogen) atoms. The minimum atomic E-state index is -0.712. The molecule has 1 aromatic rings. The molecule has 6 heteroatoms. The normalized spacial score (nSPS) is 13.3. The summed E-state index contributed by atoms with van der Waals surface area (Å²) in [7, 11) is 0. The second-order valence-electron chi connectivity index (χ2n) is 5.09. The Morgan fingerprint density at radius 2 is 1.78 bits per heavy atom. The lowest BCUT2D eigenvalue weighted by molar-refractivity contribution is -0.119. The molecule has 3 N–H and O–H groups in total. The average molecular weight is 293 g/mol. The summed E-state index contributed by atoms with van der Waals surface area (Å²) in [6.45, 7) is 5.55. The molecule has 1 amide bonds. The highest BCUT2D eigenvalue weighted by atomic mass is 35.5. The smallest absolute Gasteiger partial charge is 0.241 e. The summed E-state index contributed by atoms with van der Waals surface area (Å²) in [5.41, 5.74) is 5.73. The lowest BCUT2D eigenvalue weighted by Gasteiger charge is -2.25. The van der Waals surface area contributed by atoms with Crippen LogP contribution in [0.5, 0.6) is 0 Å². The highest BCUT2D eigenvalue weighted by Gasteiger charge is 2.27. The van der Waals surface area contributed by atoms with Crippen molar-refractivity contribution in [3.8, 4) is 0 Å². The first-order chi connectivity index (χ1) is 8.12. The molecule has 0 aliphatic carbocycles. The molecule has 0 bridgehead atoms. The van der Waals surface area contributed by atoms with Gasteiger partial charge in [0.1, 0.15) is 0 Å². The molecule has 0 saturated heterocycles. The van der Waals surface area contributed by atoms with Crippen LogP contribution in [-0.2, 0) is 4.79 Å². The van der Waals surface area contributed by atoms with Gasteiger partial charge in [0.2, 0.25) is 5.91 Å². The fourth-order valence-electron chi connectivity index (χ4n) is 1.24. The fraction of sp³-hybridized carbons (Fsp3) is 0.417. The molecular weight excluding hydrogens is 278 g/mol. The molecule has 1 atom stereocenters. The zero-order valence-electron chi connectivity index (χ0n) is 10.4. The molecule has 0 aliphatic heterocycles. The van der Waals surface area contributed by atoms with E-state index in [2.05, 4.69) is 5.32 Å². The highest BCUT2D eigenvalue weighted by molar-refractivity contribution is 6.35. The van der Waals surface area contributed by atoms with Crippen LogP contribution in [0.15, 0.2) is 12.1 Å². The Labute approximate surface area is 115 Å². The van der Waals surface area contributed by atoms with E-state index >= 15 is 0 Å². The van der Waals surface area contributed by atoms with Crippen LogP contribution in [0.2, 0.25) is 10.0 Å². The van der Waals surface area contributed by atoms with Crippen molar-refractivity contribution in [1.82, 2.24) is 0 Å². The molecular formula is C12H15Cl2FN2O. The summed E-state index contributed by atoms with van der Waals surface area (Å²) in [6.07, 6.45) is 0. The van der Waals surface area contributed by atoms with E-state index < -0.39 is 11.9 Å². The van der Waals surface area contributed by atoms with Crippen LogP contribution in [0.3, 0.4) is 0 Å². The number of hydrogen-bond donors (Lipinski definition) is 2. The second kappa shape index (κ2) is 5.43. The third kappa shape index (κ3) is 3.57. The van der Waals surface area contributed by atoms with Crippen molar-refractivity contribution < 1.29 is 9.18 Å². The minimum absolute atomic E-state index is 0.151. The Morgan fingerprint density at radius 1 is 1.33 bits per heavy atom. The Balaban J connectivity index is 2.90. The Morgan fingerprint density at radius 3 is 2.17 bits per heavy atom. The zero-order valence-corrected chi connectivity index (χ0v) is 11.9. The number of benzene rings is 1. The first kappa shape index (κ1) is 15.2. The van der Waals surface area contributed by atoms with Crippen LogP contribution < -0.4 is 11.1 Å². The van der Waals surface area contributed by atoms with Crippen LogP contribution in [0, 0.1) is 11.2 Å². The highest BCUT2D eigenvalue weighted by Crippen LogP contribution is 2.28.